The molecule has 4 atom stereocenters. The quantitative estimate of drug-likeness (QED) is 0.685. The van der Waals surface area contributed by atoms with E-state index in [9.17, 15) is 0 Å². The molecule has 25 heavy (non-hydrogen) atoms. The normalized spacial score (nSPS) is 28.9. The summed E-state index contributed by atoms with van der Waals surface area (Å²) in [6.07, 6.45) is 3.78. The number of ether oxygens (including phenoxy) is 1. The molecule has 2 aliphatic heterocycles. The molecule has 0 saturated carbocycles. The Morgan fingerprint density at radius 1 is 1.04 bits per heavy atom. The molecule has 4 heteroatoms. The largest absolute Gasteiger partial charge is 0.493 e. The standard InChI is InChI=1S/C21H23Cl2NO/c1-24-15-7-10-21(24)18(17(11-15)14-5-3-2-4-6-14)13-25-16-8-9-19(22)20(23)12-16/h2-6,8-9,12,15,17-18,21H,7,10-11,13H2,1H3/t15?,17-,18-,21?/m1/s1. The molecule has 0 spiro atoms. The number of hydrogen-bond acceptors (Lipinski definition) is 2. The van der Waals surface area contributed by atoms with Crippen LogP contribution in [0.15, 0.2) is 48.5 Å². The SMILES string of the molecule is CN1C2CCC1[C@H](COc1ccc(Cl)c(Cl)c1)[C@@H](c1ccccc1)C2. The van der Waals surface area contributed by atoms with Crippen LogP contribution in [0.5, 0.6) is 5.75 Å². The van der Waals surface area contributed by atoms with Gasteiger partial charge in [0.05, 0.1) is 16.7 Å². The van der Waals surface area contributed by atoms with Crippen molar-refractivity contribution in [3.8, 4) is 5.75 Å². The fourth-order valence-electron chi connectivity index (χ4n) is 4.65. The van der Waals surface area contributed by atoms with Crippen LogP contribution in [0.3, 0.4) is 0 Å². The number of benzene rings is 2. The summed E-state index contributed by atoms with van der Waals surface area (Å²) in [5, 5.41) is 1.10. The van der Waals surface area contributed by atoms with E-state index in [4.69, 9.17) is 27.9 Å². The van der Waals surface area contributed by atoms with Gasteiger partial charge in [-0.25, -0.2) is 0 Å². The van der Waals surface area contributed by atoms with E-state index in [-0.39, 0.29) is 0 Å². The highest BCUT2D eigenvalue weighted by atomic mass is 35.5. The molecule has 4 rings (SSSR count). The van der Waals surface area contributed by atoms with E-state index in [1.807, 2.05) is 12.1 Å². The summed E-state index contributed by atoms with van der Waals surface area (Å²) in [4.78, 5) is 2.57. The molecule has 2 saturated heterocycles. The third kappa shape index (κ3) is 3.40. The van der Waals surface area contributed by atoms with Crippen LogP contribution in [0.1, 0.15) is 30.7 Å². The van der Waals surface area contributed by atoms with Gasteiger partial charge in [-0.1, -0.05) is 53.5 Å². The molecule has 2 heterocycles. The minimum atomic E-state index is 0.487. The fraction of sp³-hybridized carbons (Fsp3) is 0.429. The molecule has 0 aliphatic carbocycles. The minimum absolute atomic E-state index is 0.487. The van der Waals surface area contributed by atoms with Gasteiger partial charge in [-0.15, -0.1) is 0 Å². The topological polar surface area (TPSA) is 12.5 Å². The highest BCUT2D eigenvalue weighted by Gasteiger charge is 2.46. The summed E-state index contributed by atoms with van der Waals surface area (Å²) in [6, 6.07) is 17.7. The van der Waals surface area contributed by atoms with E-state index < -0.39 is 0 Å². The average Bonchev–Trinajstić information content (AvgIpc) is 2.87. The smallest absolute Gasteiger partial charge is 0.120 e. The summed E-state index contributed by atoms with van der Waals surface area (Å²) in [5.41, 5.74) is 1.44. The molecule has 2 bridgehead atoms. The summed E-state index contributed by atoms with van der Waals surface area (Å²) in [6.45, 7) is 0.708. The lowest BCUT2D eigenvalue weighted by molar-refractivity contribution is 0.0666. The zero-order chi connectivity index (χ0) is 17.4. The van der Waals surface area contributed by atoms with Crippen molar-refractivity contribution in [2.45, 2.75) is 37.3 Å². The van der Waals surface area contributed by atoms with Gasteiger partial charge < -0.3 is 9.64 Å². The number of piperidine rings is 1. The minimum Gasteiger partial charge on any atom is -0.493 e. The molecule has 0 radical (unpaired) electrons. The molecule has 2 fully saturated rings. The lowest BCUT2D eigenvalue weighted by Gasteiger charge is -2.43. The third-order valence-corrected chi connectivity index (χ3v) is 6.73. The molecule has 2 nitrogen and oxygen atoms in total. The maximum absolute atomic E-state index is 6.16. The molecule has 0 N–H and O–H groups in total. The highest BCUT2D eigenvalue weighted by Crippen LogP contribution is 2.46. The molecule has 2 unspecified atom stereocenters. The van der Waals surface area contributed by atoms with Crippen molar-refractivity contribution >= 4 is 23.2 Å². The van der Waals surface area contributed by atoms with E-state index in [2.05, 4.69) is 42.3 Å². The second kappa shape index (κ2) is 7.19. The first-order valence-corrected chi connectivity index (χ1v) is 9.74. The number of rotatable bonds is 4. The zero-order valence-corrected chi connectivity index (χ0v) is 15.9. The molecular formula is C21H23Cl2NO. The Balaban J connectivity index is 1.56. The molecular weight excluding hydrogens is 353 g/mol. The second-order valence-electron chi connectivity index (χ2n) is 7.27. The summed E-state index contributed by atoms with van der Waals surface area (Å²) in [5.74, 6) is 1.84. The van der Waals surface area contributed by atoms with Crippen molar-refractivity contribution in [3.63, 3.8) is 0 Å². The number of halogens is 2. The number of nitrogens with zero attached hydrogens (tertiary/aromatic N) is 1. The predicted molar refractivity (Wildman–Crippen MR) is 104 cm³/mol. The van der Waals surface area contributed by atoms with E-state index in [1.54, 1.807) is 6.07 Å². The maximum Gasteiger partial charge on any atom is 0.120 e. The van der Waals surface area contributed by atoms with Gasteiger partial charge in [0.25, 0.3) is 0 Å². The average molecular weight is 376 g/mol. The summed E-state index contributed by atoms with van der Waals surface area (Å²) in [7, 11) is 2.27. The predicted octanol–water partition coefficient (Wildman–Crippen LogP) is 5.64. The zero-order valence-electron chi connectivity index (χ0n) is 14.4. The molecule has 2 aromatic rings. The fourth-order valence-corrected chi connectivity index (χ4v) is 4.94. The Morgan fingerprint density at radius 2 is 1.84 bits per heavy atom. The molecule has 132 valence electrons. The van der Waals surface area contributed by atoms with Crippen molar-refractivity contribution in [1.82, 2.24) is 4.90 Å². The van der Waals surface area contributed by atoms with Crippen LogP contribution in [0.2, 0.25) is 10.0 Å². The Labute approximate surface area is 159 Å². The van der Waals surface area contributed by atoms with E-state index in [0.29, 0.717) is 40.6 Å². The molecule has 2 aliphatic rings. The van der Waals surface area contributed by atoms with Crippen LogP contribution in [0.25, 0.3) is 0 Å². The van der Waals surface area contributed by atoms with Gasteiger partial charge >= 0.3 is 0 Å². The van der Waals surface area contributed by atoms with Crippen molar-refractivity contribution in [1.29, 1.82) is 0 Å². The molecule has 0 amide bonds. The van der Waals surface area contributed by atoms with Crippen molar-refractivity contribution in [2.75, 3.05) is 13.7 Å². The van der Waals surface area contributed by atoms with Crippen molar-refractivity contribution in [2.24, 2.45) is 5.92 Å². The van der Waals surface area contributed by atoms with E-state index >= 15 is 0 Å². The number of fused-ring (bicyclic) bond motifs is 2. The lowest BCUT2D eigenvalue weighted by Crippen LogP contribution is -2.47. The van der Waals surface area contributed by atoms with Crippen molar-refractivity contribution in [3.05, 3.63) is 64.1 Å². The van der Waals surface area contributed by atoms with Gasteiger partial charge in [-0.05, 0) is 49.9 Å². The Bertz CT molecular complexity index is 736. The second-order valence-corrected chi connectivity index (χ2v) is 8.08. The first-order valence-electron chi connectivity index (χ1n) is 8.98. The van der Waals surface area contributed by atoms with Crippen LogP contribution in [0, 0.1) is 5.92 Å². The lowest BCUT2D eigenvalue weighted by atomic mass is 9.76. The van der Waals surface area contributed by atoms with Gasteiger partial charge in [0.2, 0.25) is 0 Å². The Morgan fingerprint density at radius 3 is 2.60 bits per heavy atom. The van der Waals surface area contributed by atoms with Gasteiger partial charge in [0, 0.05) is 24.1 Å². The Hall–Kier alpha value is -1.22. The monoisotopic (exact) mass is 375 g/mol. The number of hydrogen-bond donors (Lipinski definition) is 0. The van der Waals surface area contributed by atoms with E-state index in [1.165, 1.54) is 24.8 Å². The van der Waals surface area contributed by atoms with Gasteiger partial charge in [0.15, 0.2) is 0 Å². The Kier molecular flexibility index (Phi) is 4.95. The van der Waals surface area contributed by atoms with Crippen LogP contribution in [0.4, 0.5) is 0 Å². The molecule has 0 aromatic heterocycles. The van der Waals surface area contributed by atoms with E-state index in [0.717, 1.165) is 5.75 Å². The maximum atomic E-state index is 6.16. The molecule has 2 aromatic carbocycles. The summed E-state index contributed by atoms with van der Waals surface area (Å²) < 4.78 is 6.16. The van der Waals surface area contributed by atoms with Gasteiger partial charge in [-0.2, -0.15) is 0 Å². The van der Waals surface area contributed by atoms with Gasteiger partial charge in [0.1, 0.15) is 5.75 Å². The highest BCUT2D eigenvalue weighted by molar-refractivity contribution is 6.42. The first-order chi connectivity index (χ1) is 12.1. The van der Waals surface area contributed by atoms with Gasteiger partial charge in [-0.3, -0.25) is 0 Å². The van der Waals surface area contributed by atoms with Crippen LogP contribution in [-0.2, 0) is 0 Å². The van der Waals surface area contributed by atoms with Crippen LogP contribution in [-0.4, -0.2) is 30.6 Å². The van der Waals surface area contributed by atoms with Crippen LogP contribution < -0.4 is 4.74 Å². The van der Waals surface area contributed by atoms with Crippen molar-refractivity contribution < 1.29 is 4.74 Å². The first kappa shape index (κ1) is 17.2. The van der Waals surface area contributed by atoms with Crippen LogP contribution >= 0.6 is 23.2 Å². The summed E-state index contributed by atoms with van der Waals surface area (Å²) >= 11 is 12.1. The third-order valence-electron chi connectivity index (χ3n) is 5.99.